The van der Waals surface area contributed by atoms with Gasteiger partial charge < -0.3 is 4.90 Å². The number of piperidine rings is 1. The number of ketones is 1. The van der Waals surface area contributed by atoms with Gasteiger partial charge in [0.05, 0.1) is 4.92 Å². The van der Waals surface area contributed by atoms with E-state index in [4.69, 9.17) is 11.6 Å². The molecule has 134 valence electrons. The van der Waals surface area contributed by atoms with Crippen molar-refractivity contribution in [2.75, 3.05) is 18.0 Å². The number of carbonyl (C=O) groups is 1. The van der Waals surface area contributed by atoms with Crippen molar-refractivity contribution in [2.24, 2.45) is 0 Å². The number of anilines is 1. The number of nitro benzene ring substituents is 1. The van der Waals surface area contributed by atoms with Crippen LogP contribution in [-0.2, 0) is 0 Å². The van der Waals surface area contributed by atoms with Crippen LogP contribution in [0, 0.1) is 10.1 Å². The maximum Gasteiger partial charge on any atom is 0.270 e. The molecule has 26 heavy (non-hydrogen) atoms. The van der Waals surface area contributed by atoms with Gasteiger partial charge in [0.25, 0.3) is 5.69 Å². The van der Waals surface area contributed by atoms with Crippen LogP contribution in [-0.4, -0.2) is 23.8 Å². The quantitative estimate of drug-likeness (QED) is 0.316. The first-order valence-electron chi connectivity index (χ1n) is 8.56. The van der Waals surface area contributed by atoms with Gasteiger partial charge in [-0.1, -0.05) is 11.6 Å². The fraction of sp³-hybridized carbons (Fsp3) is 0.250. The van der Waals surface area contributed by atoms with Crippen LogP contribution in [0.25, 0.3) is 6.08 Å². The molecule has 0 radical (unpaired) electrons. The summed E-state index contributed by atoms with van der Waals surface area (Å²) in [6, 6.07) is 11.7. The van der Waals surface area contributed by atoms with Crippen LogP contribution in [0.3, 0.4) is 0 Å². The Bertz CT molecular complexity index is 841. The Labute approximate surface area is 157 Å². The minimum absolute atomic E-state index is 0.0626. The zero-order valence-electron chi connectivity index (χ0n) is 14.2. The van der Waals surface area contributed by atoms with E-state index in [-0.39, 0.29) is 11.5 Å². The molecule has 0 N–H and O–H groups in total. The summed E-state index contributed by atoms with van der Waals surface area (Å²) < 4.78 is 0. The molecule has 1 saturated heterocycles. The summed E-state index contributed by atoms with van der Waals surface area (Å²) in [4.78, 5) is 25.1. The van der Waals surface area contributed by atoms with Crippen molar-refractivity contribution in [1.29, 1.82) is 0 Å². The standard InChI is InChI=1S/C20H19ClN2O3/c21-19-10-9-18(23(25)26)14-16(19)6-11-20(24)15-4-7-17(8-5-15)22-12-2-1-3-13-22/h4-11,14H,1-3,12-13H2/b11-6+. The normalized spacial score (nSPS) is 14.6. The van der Waals surface area contributed by atoms with Crippen molar-refractivity contribution in [2.45, 2.75) is 19.3 Å². The minimum atomic E-state index is -0.491. The first-order chi connectivity index (χ1) is 12.5. The van der Waals surface area contributed by atoms with Crippen molar-refractivity contribution in [3.8, 4) is 0 Å². The smallest absolute Gasteiger partial charge is 0.270 e. The molecule has 0 spiro atoms. The molecule has 0 aliphatic carbocycles. The fourth-order valence-electron chi connectivity index (χ4n) is 3.02. The van der Waals surface area contributed by atoms with Crippen molar-refractivity contribution < 1.29 is 9.72 Å². The summed E-state index contributed by atoms with van der Waals surface area (Å²) in [5, 5.41) is 11.2. The lowest BCUT2D eigenvalue weighted by atomic mass is 10.1. The highest BCUT2D eigenvalue weighted by Gasteiger charge is 2.12. The van der Waals surface area contributed by atoms with E-state index in [0.717, 1.165) is 18.8 Å². The van der Waals surface area contributed by atoms with Gasteiger partial charge in [-0.05, 0) is 67.3 Å². The number of rotatable bonds is 5. The molecule has 1 fully saturated rings. The van der Waals surface area contributed by atoms with Gasteiger partial charge in [0.1, 0.15) is 0 Å². The summed E-state index contributed by atoms with van der Waals surface area (Å²) in [7, 11) is 0. The molecule has 2 aromatic rings. The monoisotopic (exact) mass is 370 g/mol. The molecule has 0 bridgehead atoms. The lowest BCUT2D eigenvalue weighted by molar-refractivity contribution is -0.384. The molecule has 1 aliphatic heterocycles. The van der Waals surface area contributed by atoms with E-state index >= 15 is 0 Å². The van der Waals surface area contributed by atoms with Gasteiger partial charge in [0, 0.05) is 41.5 Å². The highest BCUT2D eigenvalue weighted by Crippen LogP contribution is 2.24. The topological polar surface area (TPSA) is 63.4 Å². The Kier molecular flexibility index (Phi) is 5.68. The molecule has 0 saturated carbocycles. The SMILES string of the molecule is O=C(/C=C/c1cc([N+](=O)[O-])ccc1Cl)c1ccc(N2CCCCC2)cc1. The third-order valence-corrected chi connectivity index (χ3v) is 4.82. The number of hydrogen-bond acceptors (Lipinski definition) is 4. The maximum absolute atomic E-state index is 12.4. The van der Waals surface area contributed by atoms with Gasteiger partial charge in [0.15, 0.2) is 5.78 Å². The first kappa shape index (κ1) is 18.1. The maximum atomic E-state index is 12.4. The zero-order valence-corrected chi connectivity index (χ0v) is 15.0. The van der Waals surface area contributed by atoms with Crippen LogP contribution in [0.4, 0.5) is 11.4 Å². The molecule has 0 unspecified atom stereocenters. The van der Waals surface area contributed by atoms with E-state index < -0.39 is 4.92 Å². The first-order valence-corrected chi connectivity index (χ1v) is 8.94. The van der Waals surface area contributed by atoms with Crippen LogP contribution in [0.2, 0.25) is 5.02 Å². The Morgan fingerprint density at radius 1 is 1.08 bits per heavy atom. The summed E-state index contributed by atoms with van der Waals surface area (Å²) in [6.07, 6.45) is 6.58. The van der Waals surface area contributed by atoms with Gasteiger partial charge in [-0.25, -0.2) is 0 Å². The third-order valence-electron chi connectivity index (χ3n) is 4.48. The van der Waals surface area contributed by atoms with Crippen molar-refractivity contribution >= 4 is 34.8 Å². The predicted octanol–water partition coefficient (Wildman–Crippen LogP) is 5.13. The molecule has 0 amide bonds. The van der Waals surface area contributed by atoms with E-state index in [9.17, 15) is 14.9 Å². The number of carbonyl (C=O) groups excluding carboxylic acids is 1. The molecule has 0 aromatic heterocycles. The second-order valence-electron chi connectivity index (χ2n) is 6.26. The van der Waals surface area contributed by atoms with Crippen molar-refractivity contribution in [1.82, 2.24) is 0 Å². The predicted molar refractivity (Wildman–Crippen MR) is 104 cm³/mol. The van der Waals surface area contributed by atoms with Crippen LogP contribution in [0.1, 0.15) is 35.2 Å². The van der Waals surface area contributed by atoms with E-state index in [1.165, 1.54) is 49.6 Å². The summed E-state index contributed by atoms with van der Waals surface area (Å²) in [5.41, 5.74) is 2.09. The fourth-order valence-corrected chi connectivity index (χ4v) is 3.20. The molecule has 3 rings (SSSR count). The Hall–Kier alpha value is -2.66. The zero-order chi connectivity index (χ0) is 18.5. The van der Waals surface area contributed by atoms with Crippen LogP contribution < -0.4 is 4.90 Å². The molecular weight excluding hydrogens is 352 g/mol. The third kappa shape index (κ3) is 4.29. The molecule has 1 heterocycles. The Balaban J connectivity index is 1.72. The van der Waals surface area contributed by atoms with Gasteiger partial charge in [-0.2, -0.15) is 0 Å². The number of nitro groups is 1. The number of hydrogen-bond donors (Lipinski definition) is 0. The average molecular weight is 371 g/mol. The molecular formula is C20H19ClN2O3. The minimum Gasteiger partial charge on any atom is -0.372 e. The van der Waals surface area contributed by atoms with E-state index in [1.54, 1.807) is 0 Å². The van der Waals surface area contributed by atoms with Gasteiger partial charge in [-0.15, -0.1) is 0 Å². The molecule has 6 heteroatoms. The second kappa shape index (κ2) is 8.15. The number of allylic oxidation sites excluding steroid dienone is 1. The summed E-state index contributed by atoms with van der Waals surface area (Å²) in [5.74, 6) is -0.169. The highest BCUT2D eigenvalue weighted by atomic mass is 35.5. The highest BCUT2D eigenvalue weighted by molar-refractivity contribution is 6.32. The lowest BCUT2D eigenvalue weighted by Crippen LogP contribution is -2.29. The molecule has 5 nitrogen and oxygen atoms in total. The Morgan fingerprint density at radius 2 is 1.77 bits per heavy atom. The van der Waals surface area contributed by atoms with Crippen molar-refractivity contribution in [3.05, 3.63) is 74.8 Å². The molecule has 0 atom stereocenters. The van der Waals surface area contributed by atoms with Crippen molar-refractivity contribution in [3.63, 3.8) is 0 Å². The van der Waals surface area contributed by atoms with Crippen LogP contribution in [0.5, 0.6) is 0 Å². The number of benzene rings is 2. The number of non-ortho nitro benzene ring substituents is 1. The molecule has 1 aliphatic rings. The number of nitrogens with zero attached hydrogens (tertiary/aromatic N) is 2. The van der Waals surface area contributed by atoms with E-state index in [2.05, 4.69) is 4.90 Å². The Morgan fingerprint density at radius 3 is 2.42 bits per heavy atom. The van der Waals surface area contributed by atoms with Gasteiger partial charge >= 0.3 is 0 Å². The lowest BCUT2D eigenvalue weighted by Gasteiger charge is -2.28. The van der Waals surface area contributed by atoms with Gasteiger partial charge in [-0.3, -0.25) is 14.9 Å². The van der Waals surface area contributed by atoms with E-state index in [1.807, 2.05) is 24.3 Å². The second-order valence-corrected chi connectivity index (χ2v) is 6.66. The van der Waals surface area contributed by atoms with Gasteiger partial charge in [0.2, 0.25) is 0 Å². The van der Waals surface area contributed by atoms with Crippen LogP contribution in [0.15, 0.2) is 48.5 Å². The number of halogens is 1. The van der Waals surface area contributed by atoms with E-state index in [0.29, 0.717) is 16.1 Å². The molecule has 2 aromatic carbocycles. The average Bonchev–Trinajstić information content (AvgIpc) is 2.67. The summed E-state index contributed by atoms with van der Waals surface area (Å²) in [6.45, 7) is 2.11. The summed E-state index contributed by atoms with van der Waals surface area (Å²) >= 11 is 6.05. The van der Waals surface area contributed by atoms with Crippen LogP contribution >= 0.6 is 11.6 Å². The largest absolute Gasteiger partial charge is 0.372 e.